The van der Waals surface area contributed by atoms with Gasteiger partial charge in [-0.2, -0.15) is 5.01 Å². The summed E-state index contributed by atoms with van der Waals surface area (Å²) >= 11 is 6.22. The molecule has 194 valence electrons. The third-order valence-corrected chi connectivity index (χ3v) is 7.08. The Morgan fingerprint density at radius 2 is 1.51 bits per heavy atom. The highest BCUT2D eigenvalue weighted by Gasteiger charge is 2.32. The number of hydrogen-bond acceptors (Lipinski definition) is 5. The van der Waals surface area contributed by atoms with Gasteiger partial charge in [0.2, 0.25) is 18.0 Å². The van der Waals surface area contributed by atoms with Crippen molar-refractivity contribution >= 4 is 45.2 Å². The fourth-order valence-corrected chi connectivity index (χ4v) is 4.97. The van der Waals surface area contributed by atoms with Crippen molar-refractivity contribution in [3.63, 3.8) is 0 Å². The van der Waals surface area contributed by atoms with Crippen LogP contribution in [0.15, 0.2) is 107 Å². The first kappa shape index (κ1) is 24.7. The van der Waals surface area contributed by atoms with Crippen LogP contribution in [0, 0.1) is 0 Å². The molecular formula is C31H24ClN3O4. The van der Waals surface area contributed by atoms with E-state index in [2.05, 4.69) is 5.10 Å². The zero-order valence-corrected chi connectivity index (χ0v) is 21.8. The summed E-state index contributed by atoms with van der Waals surface area (Å²) in [5.74, 6) is 0.760. The standard InChI is InChI=1S/C31H24ClN3O4/c1-20(36)35-29(18-34-27-12-6-3-9-24(27)30(37)25-10-4-7-13-28(25)34)39-31(33-35)21-14-16-23(17-15-21)38-19-22-8-2-5-11-26(22)32/h2-17,29H,18-19H2,1H3/t29-/m1/s1. The van der Waals surface area contributed by atoms with Crippen LogP contribution >= 0.6 is 11.6 Å². The molecule has 0 saturated carbocycles. The van der Waals surface area contributed by atoms with Crippen LogP contribution in [0.25, 0.3) is 21.8 Å². The molecule has 7 nitrogen and oxygen atoms in total. The minimum atomic E-state index is -0.692. The summed E-state index contributed by atoms with van der Waals surface area (Å²) in [6.07, 6.45) is -0.692. The quantitative estimate of drug-likeness (QED) is 0.251. The second kappa shape index (κ2) is 10.3. The number of para-hydroxylation sites is 2. The normalized spacial score (nSPS) is 14.9. The summed E-state index contributed by atoms with van der Waals surface area (Å²) in [4.78, 5) is 25.7. The lowest BCUT2D eigenvalue weighted by molar-refractivity contribution is -0.135. The number of fused-ring (bicyclic) bond motifs is 2. The Kier molecular flexibility index (Phi) is 6.50. The fraction of sp³-hybridized carbons (Fsp3) is 0.129. The first-order valence-electron chi connectivity index (χ1n) is 12.5. The van der Waals surface area contributed by atoms with Crippen LogP contribution in [0.5, 0.6) is 5.75 Å². The molecule has 1 aliphatic rings. The van der Waals surface area contributed by atoms with Crippen LogP contribution in [0.1, 0.15) is 18.1 Å². The van der Waals surface area contributed by atoms with Crippen LogP contribution in [-0.4, -0.2) is 27.6 Å². The summed E-state index contributed by atoms with van der Waals surface area (Å²) in [6.45, 7) is 2.08. The van der Waals surface area contributed by atoms with Gasteiger partial charge in [-0.25, -0.2) is 0 Å². The Balaban J connectivity index is 1.27. The lowest BCUT2D eigenvalue weighted by Gasteiger charge is -2.23. The van der Waals surface area contributed by atoms with E-state index in [1.54, 1.807) is 0 Å². The molecule has 1 aromatic heterocycles. The second-order valence-corrected chi connectivity index (χ2v) is 9.63. The van der Waals surface area contributed by atoms with Crippen molar-refractivity contribution in [2.24, 2.45) is 5.10 Å². The van der Waals surface area contributed by atoms with Crippen molar-refractivity contribution in [1.29, 1.82) is 0 Å². The zero-order chi connectivity index (χ0) is 26.9. The highest BCUT2D eigenvalue weighted by atomic mass is 35.5. The average Bonchev–Trinajstić information content (AvgIpc) is 3.39. The lowest BCUT2D eigenvalue weighted by Crippen LogP contribution is -2.36. The Bertz CT molecular complexity index is 1740. The van der Waals surface area contributed by atoms with Gasteiger partial charge in [0.15, 0.2) is 5.43 Å². The van der Waals surface area contributed by atoms with Gasteiger partial charge in [-0.05, 0) is 54.6 Å². The number of ether oxygens (including phenoxy) is 2. The number of pyridine rings is 1. The van der Waals surface area contributed by atoms with Gasteiger partial charge in [0, 0.05) is 33.8 Å². The van der Waals surface area contributed by atoms with Crippen molar-refractivity contribution in [2.45, 2.75) is 26.3 Å². The van der Waals surface area contributed by atoms with Crippen LogP contribution in [0.4, 0.5) is 0 Å². The number of carbonyl (C=O) groups excluding carboxylic acids is 1. The molecule has 0 spiro atoms. The third-order valence-electron chi connectivity index (χ3n) is 6.71. The summed E-state index contributed by atoms with van der Waals surface area (Å²) in [7, 11) is 0. The minimum Gasteiger partial charge on any atom is -0.489 e. The van der Waals surface area contributed by atoms with Crippen molar-refractivity contribution in [2.75, 3.05) is 0 Å². The summed E-state index contributed by atoms with van der Waals surface area (Å²) in [5, 5.41) is 7.71. The van der Waals surface area contributed by atoms with Crippen molar-refractivity contribution in [3.05, 3.63) is 123 Å². The van der Waals surface area contributed by atoms with E-state index >= 15 is 0 Å². The topological polar surface area (TPSA) is 73.1 Å². The number of halogens is 1. The van der Waals surface area contributed by atoms with Crippen molar-refractivity contribution < 1.29 is 14.3 Å². The van der Waals surface area contributed by atoms with Gasteiger partial charge in [0.25, 0.3) is 0 Å². The lowest BCUT2D eigenvalue weighted by atomic mass is 10.1. The van der Waals surface area contributed by atoms with E-state index in [-0.39, 0.29) is 17.9 Å². The van der Waals surface area contributed by atoms with Gasteiger partial charge in [-0.1, -0.05) is 54.1 Å². The number of benzene rings is 4. The number of hydrazone groups is 1. The molecule has 0 N–H and O–H groups in total. The highest BCUT2D eigenvalue weighted by molar-refractivity contribution is 6.31. The third kappa shape index (κ3) is 4.73. The van der Waals surface area contributed by atoms with Crippen molar-refractivity contribution in [3.8, 4) is 5.75 Å². The first-order chi connectivity index (χ1) is 19.0. The maximum Gasteiger partial charge on any atom is 0.243 e. The number of nitrogens with zero attached hydrogens (tertiary/aromatic N) is 3. The molecule has 6 rings (SSSR count). The van der Waals surface area contributed by atoms with Crippen LogP contribution < -0.4 is 10.2 Å². The van der Waals surface area contributed by atoms with Crippen LogP contribution in [0.2, 0.25) is 5.02 Å². The summed E-state index contributed by atoms with van der Waals surface area (Å²) in [5.41, 5.74) is 3.11. The number of rotatable bonds is 6. The maximum atomic E-state index is 13.1. The molecular weight excluding hydrogens is 514 g/mol. The number of aromatic nitrogens is 1. The molecule has 0 fully saturated rings. The fourth-order valence-electron chi connectivity index (χ4n) is 4.78. The van der Waals surface area contributed by atoms with Crippen LogP contribution in [-0.2, 0) is 22.7 Å². The molecule has 4 aromatic carbocycles. The van der Waals surface area contributed by atoms with Gasteiger partial charge in [0.1, 0.15) is 12.4 Å². The van der Waals surface area contributed by atoms with E-state index in [9.17, 15) is 9.59 Å². The molecule has 1 amide bonds. The smallest absolute Gasteiger partial charge is 0.243 e. The molecule has 0 saturated heterocycles. The number of hydrogen-bond donors (Lipinski definition) is 0. The summed E-state index contributed by atoms with van der Waals surface area (Å²) < 4.78 is 14.1. The number of amides is 1. The van der Waals surface area contributed by atoms with Crippen LogP contribution in [0.3, 0.4) is 0 Å². The Morgan fingerprint density at radius 3 is 2.15 bits per heavy atom. The Morgan fingerprint density at radius 1 is 0.897 bits per heavy atom. The van der Waals surface area contributed by atoms with Gasteiger partial charge < -0.3 is 14.0 Å². The molecule has 39 heavy (non-hydrogen) atoms. The Hall–Kier alpha value is -4.62. The van der Waals surface area contributed by atoms with E-state index in [4.69, 9.17) is 21.1 Å². The van der Waals surface area contributed by atoms with Crippen molar-refractivity contribution in [1.82, 2.24) is 9.58 Å². The molecule has 2 heterocycles. The average molecular weight is 538 g/mol. The largest absolute Gasteiger partial charge is 0.489 e. The molecule has 0 radical (unpaired) electrons. The molecule has 8 heteroatoms. The predicted octanol–water partition coefficient (Wildman–Crippen LogP) is 5.95. The minimum absolute atomic E-state index is 0.0259. The maximum absolute atomic E-state index is 13.1. The number of carbonyl (C=O) groups is 1. The molecule has 0 aliphatic carbocycles. The van der Waals surface area contributed by atoms with E-state index in [0.717, 1.165) is 16.6 Å². The van der Waals surface area contributed by atoms with E-state index in [1.807, 2.05) is 102 Å². The molecule has 1 atom stereocenters. The first-order valence-corrected chi connectivity index (χ1v) is 12.9. The van der Waals surface area contributed by atoms with Gasteiger partial charge in [-0.15, -0.1) is 5.10 Å². The molecule has 0 bridgehead atoms. The van der Waals surface area contributed by atoms with E-state index in [1.165, 1.54) is 11.9 Å². The highest BCUT2D eigenvalue weighted by Crippen LogP contribution is 2.26. The monoisotopic (exact) mass is 537 g/mol. The predicted molar refractivity (Wildman–Crippen MR) is 152 cm³/mol. The van der Waals surface area contributed by atoms with Gasteiger partial charge >= 0.3 is 0 Å². The molecule has 5 aromatic rings. The van der Waals surface area contributed by atoms with E-state index in [0.29, 0.717) is 39.6 Å². The zero-order valence-electron chi connectivity index (χ0n) is 21.1. The van der Waals surface area contributed by atoms with Gasteiger partial charge in [0.05, 0.1) is 17.6 Å². The van der Waals surface area contributed by atoms with Gasteiger partial charge in [-0.3, -0.25) is 9.59 Å². The SMILES string of the molecule is CC(=O)N1N=C(c2ccc(OCc3ccccc3Cl)cc2)O[C@@H]1Cn1c2ccccc2c(=O)c2ccccc21. The second-order valence-electron chi connectivity index (χ2n) is 9.22. The molecule has 0 unspecified atom stereocenters. The molecule has 1 aliphatic heterocycles. The Labute approximate surface area is 229 Å². The van der Waals surface area contributed by atoms with E-state index < -0.39 is 6.23 Å². The summed E-state index contributed by atoms with van der Waals surface area (Å²) in [6, 6.07) is 29.8.